The molecule has 10 amide bonds. The van der Waals surface area contributed by atoms with Crippen LogP contribution in [0.3, 0.4) is 0 Å². The first-order valence-corrected chi connectivity index (χ1v) is 48.0. The lowest BCUT2D eigenvalue weighted by atomic mass is 8.68. The Hall–Kier alpha value is -11.9. The average molecular weight is 1910 g/mol. The van der Waals surface area contributed by atoms with Crippen LogP contribution in [0.5, 0.6) is 0 Å². The lowest BCUT2D eigenvalue weighted by Gasteiger charge is -2.29. The van der Waals surface area contributed by atoms with Crippen LogP contribution >= 0.6 is 0 Å². The van der Waals surface area contributed by atoms with Gasteiger partial charge in [-0.15, -0.1) is 0 Å². The van der Waals surface area contributed by atoms with Crippen molar-refractivity contribution in [1.29, 1.82) is 0 Å². The highest BCUT2D eigenvalue weighted by molar-refractivity contribution is 7.90. The molecule has 40 heteroatoms. The molecule has 8 atom stereocenters. The van der Waals surface area contributed by atoms with Gasteiger partial charge in [-0.05, 0) is 186 Å². The number of ketones is 4. The monoisotopic (exact) mass is 1910 g/mol. The van der Waals surface area contributed by atoms with Crippen molar-refractivity contribution >= 4 is 198 Å². The maximum Gasteiger partial charge on any atom is 0.244 e. The van der Waals surface area contributed by atoms with E-state index in [2.05, 4.69) is 114 Å². The Labute approximate surface area is 874 Å². The number of hydrogen-bond donors (Lipinski definition) is 10. The molecule has 4 fully saturated rings. The summed E-state index contributed by atoms with van der Waals surface area (Å²) in [5, 5.41) is 22.7. The summed E-state index contributed by atoms with van der Waals surface area (Å²) in [5.74, 6) is 24.2. The van der Waals surface area contributed by atoms with E-state index in [4.69, 9.17) is 101 Å². The van der Waals surface area contributed by atoms with Gasteiger partial charge in [-0.3, -0.25) is 67.1 Å². The maximum absolute atomic E-state index is 14.2. The van der Waals surface area contributed by atoms with Gasteiger partial charge in [-0.25, -0.2) is 0 Å². The number of allylic oxidation sites excluding steroid dienone is 2. The predicted octanol–water partition coefficient (Wildman–Crippen LogP) is 5.93. The van der Waals surface area contributed by atoms with E-state index >= 15 is 0 Å². The van der Waals surface area contributed by atoms with E-state index in [-0.39, 0.29) is 92.7 Å². The smallest absolute Gasteiger partial charge is 0.244 e. The summed E-state index contributed by atoms with van der Waals surface area (Å²) in [6, 6.07) is 25.9. The van der Waals surface area contributed by atoms with Gasteiger partial charge in [0.25, 0.3) is 0 Å². The van der Waals surface area contributed by atoms with E-state index in [1.54, 1.807) is 125 Å². The summed E-state index contributed by atoms with van der Waals surface area (Å²) < 4.78 is 40.0. The van der Waals surface area contributed by atoms with Crippen LogP contribution in [0, 0.1) is 107 Å². The molecule has 4 aromatic rings. The highest BCUT2D eigenvalue weighted by Gasteiger charge is 2.38. The molecule has 2 aliphatic heterocycles. The van der Waals surface area contributed by atoms with Crippen LogP contribution in [0.15, 0.2) is 133 Å². The topological polar surface area (TPSA) is 387 Å². The molecule has 6 aliphatic rings. The van der Waals surface area contributed by atoms with Crippen molar-refractivity contribution in [3.8, 4) is 71.0 Å². The zero-order valence-electron chi connectivity index (χ0n) is 89.0. The van der Waals surface area contributed by atoms with Crippen LogP contribution in [-0.4, -0.2) is 247 Å². The SMILES string of the molecule is C.C.CC#CC#CC#CC.CC#CC#CC#CC.NC(=O)C1CCCCNC(=O)C(Cc2ccc(C(=O)c3ccccc3)cc2)NC(=O)C(CC2CCCCC2)NC(=O)C(CC2CC2)CC(=O)C=CC(=O)N1.NC(=O)C1CCCCNC(=O)C(Cc2ccc(C(=O)c3ccccc3)cc2)NC(=O)C(CC2CCCCC2)NC(=O)C(CC2CC2)CC(=O)C=CC(=O)N1.[2HH].[2HH].[2H][2H].[2H][2H].[2H][2H].[2H][2H].[B]B([B])B([B])B([B])[B].[B]B([B])B([B])B([B])[B]. The molecule has 0 bridgehead atoms. The fourth-order valence-corrected chi connectivity index (χ4v) is 15.6. The second-order valence-corrected chi connectivity index (χ2v) is 35.6. The van der Waals surface area contributed by atoms with Gasteiger partial charge in [0.2, 0.25) is 59.1 Å². The number of nitrogens with two attached hydrogens (primary N) is 2. The average Bonchev–Trinajstić information content (AvgIpc) is 1.09. The van der Waals surface area contributed by atoms with Gasteiger partial charge in [0, 0.05) is 215 Å². The van der Waals surface area contributed by atoms with Gasteiger partial charge >= 0.3 is 0 Å². The highest BCUT2D eigenvalue weighted by Crippen LogP contribution is 2.38. The Morgan fingerprint density at radius 1 is 0.331 bits per heavy atom. The molecule has 12 N–H and O–H groups in total. The molecule has 0 spiro atoms. The molecular formula is C102H138B16N10O14. The first-order chi connectivity index (χ1) is 71.0. The van der Waals surface area contributed by atoms with Crippen molar-refractivity contribution in [2.75, 3.05) is 13.1 Å². The van der Waals surface area contributed by atoms with E-state index in [0.29, 0.717) is 85.5 Å². The number of nitrogens with one attached hydrogen (secondary N) is 8. The van der Waals surface area contributed by atoms with Gasteiger partial charge in [-0.2, -0.15) is 0 Å². The highest BCUT2D eigenvalue weighted by atomic mass is 16.2. The first-order valence-electron chi connectivity index (χ1n) is 52.0. The molecule has 4 aromatic carbocycles. The van der Waals surface area contributed by atoms with Crippen molar-refractivity contribution in [3.63, 3.8) is 0 Å². The zero-order valence-corrected chi connectivity index (χ0v) is 81.0. The summed E-state index contributed by atoms with van der Waals surface area (Å²) in [6.45, 7) is 7.44. The fraction of sp³-hybridized carbons (Fsp3) is 0.471. The number of hydrogen-bond acceptors (Lipinski definition) is 14. The van der Waals surface area contributed by atoms with Crippen LogP contribution in [0.4, 0.5) is 0 Å². The van der Waals surface area contributed by atoms with Crippen LogP contribution < -0.4 is 54.0 Å². The summed E-state index contributed by atoms with van der Waals surface area (Å²) in [5.41, 5.74) is 14.6. The minimum atomic E-state index is -1.00. The summed E-state index contributed by atoms with van der Waals surface area (Å²) >= 11 is 0. The largest absolute Gasteiger partial charge is 0.368 e. The minimum absolute atomic E-state index is 0. The lowest BCUT2D eigenvalue weighted by molar-refractivity contribution is -0.134. The molecular weight excluding hydrogens is 1760 g/mol. The Bertz CT molecular complexity index is 4900. The second-order valence-electron chi connectivity index (χ2n) is 35.6. The molecule has 0 saturated heterocycles. The number of rotatable bonds is 22. The summed E-state index contributed by atoms with van der Waals surface area (Å²) in [4.78, 5) is 185. The third-order valence-electron chi connectivity index (χ3n) is 24.0. The molecule has 20 radical (unpaired) electrons. The molecule has 8 unspecified atom stereocenters. The van der Waals surface area contributed by atoms with Gasteiger partial charge in [0.05, 0.1) is 0 Å². The quantitative estimate of drug-likeness (QED) is 0.0248. The maximum atomic E-state index is 14.2. The number of amides is 10. The van der Waals surface area contributed by atoms with Crippen LogP contribution in [0.2, 0.25) is 0 Å². The van der Waals surface area contributed by atoms with E-state index in [0.717, 1.165) is 125 Å². The molecule has 142 heavy (non-hydrogen) atoms. The summed E-state index contributed by atoms with van der Waals surface area (Å²) in [7, 11) is 51.6. The van der Waals surface area contributed by atoms with Crippen LogP contribution in [-0.2, 0) is 70.4 Å². The zero-order chi connectivity index (χ0) is 111. The Morgan fingerprint density at radius 2 is 0.613 bits per heavy atom. The third kappa shape index (κ3) is 50.7. The second kappa shape index (κ2) is 69.9. The van der Waals surface area contributed by atoms with E-state index in [9.17, 15) is 67.1 Å². The van der Waals surface area contributed by atoms with E-state index in [1.165, 1.54) is 0 Å². The van der Waals surface area contributed by atoms with Crippen LogP contribution in [0.25, 0.3) is 0 Å². The Balaban J connectivity index is -0.00000104. The molecule has 728 valence electrons. The number of carbonyl (C=O) groups excluding carboxylic acids is 14. The van der Waals surface area contributed by atoms with Crippen molar-refractivity contribution in [2.45, 2.75) is 259 Å². The van der Waals surface area contributed by atoms with Crippen molar-refractivity contribution in [2.24, 2.45) is 47.0 Å². The normalized spacial score (nSPS) is 20.1. The standard InChI is InChI=1S/2C42H53N5O7.2C8H6.2CH4.2B8.6H2/c2*43-39(51)34-13-7-8-22-44-41(53)35(25-29-16-18-31(19-17-29)38(50)30-11-5-2-6-12-30)47-42(54)36(24-27-9-3-1-4-10-27)46-40(52)32(23-28-14-15-28)26-33(48)20-21-37(49)45-34;2*1-3-5-7-8-6-4-2;;;2*1-6(2)8(5)7(3)4;;;;;;/h2*2,5-6,11-12,16-21,27-28,32,34-36H,1,3-4,7-10,13-15,22-26H2,(H2,43,51)(H,44,53)(H,45,49)(H,46,52)(H,47,54);2*1-2H3;2*1H4;;;6*1H/i;;;;;;;;4*1+1D;2*1+1. The van der Waals surface area contributed by atoms with Crippen molar-refractivity contribution in [1.82, 2.24) is 42.5 Å². The number of primary amides is 2. The van der Waals surface area contributed by atoms with Crippen LogP contribution in [0.1, 0.15) is 267 Å². The van der Waals surface area contributed by atoms with Gasteiger partial charge < -0.3 is 54.0 Å². The van der Waals surface area contributed by atoms with E-state index < -0.39 is 157 Å². The van der Waals surface area contributed by atoms with Gasteiger partial charge in [0.15, 0.2) is 23.1 Å². The predicted molar refractivity (Wildman–Crippen MR) is 593 cm³/mol. The molecule has 0 aromatic heterocycles. The molecule has 24 nitrogen and oxygen atoms in total. The van der Waals surface area contributed by atoms with E-state index in [1.807, 2.05) is 12.1 Å². The summed E-state index contributed by atoms with van der Waals surface area (Å²) in [6.07, 6.45) is 18.8. The van der Waals surface area contributed by atoms with Crippen molar-refractivity contribution < 1.29 is 81.9 Å². The first kappa shape index (κ1) is 117. The Morgan fingerprint density at radius 3 is 0.887 bits per heavy atom. The Kier molecular flexibility index (Phi) is 57.7. The number of carbonyl (C=O) groups is 14. The third-order valence-corrected chi connectivity index (χ3v) is 24.0. The van der Waals surface area contributed by atoms with Gasteiger partial charge in [0.1, 0.15) is 36.3 Å². The number of benzene rings is 4. The molecule has 4 aliphatic carbocycles. The minimum Gasteiger partial charge on any atom is -0.368 e. The molecule has 2 heterocycles. The fourth-order valence-electron chi connectivity index (χ4n) is 15.6. The lowest BCUT2D eigenvalue weighted by Crippen LogP contribution is -2.55. The van der Waals surface area contributed by atoms with Crippen molar-refractivity contribution in [3.05, 3.63) is 167 Å². The molecule has 10 rings (SSSR count). The van der Waals surface area contributed by atoms with Gasteiger partial charge in [-0.1, -0.05) is 238 Å². The molecule has 4 saturated carbocycles.